The number of hydrogen-bond donors (Lipinski definition) is 0. The molecule has 7 nitrogen and oxygen atoms in total. The molecule has 4 heterocycles. The summed E-state index contributed by atoms with van der Waals surface area (Å²) in [6.45, 7) is 3.66. The molecular formula is C19H19F3N6OS. The Kier molecular flexibility index (Phi) is 5.80. The van der Waals surface area contributed by atoms with Crippen molar-refractivity contribution in [3.8, 4) is 16.5 Å². The molecule has 1 aliphatic heterocycles. The van der Waals surface area contributed by atoms with Gasteiger partial charge in [-0.3, -0.25) is 4.98 Å². The Bertz CT molecular complexity index is 984. The highest BCUT2D eigenvalue weighted by Gasteiger charge is 2.36. The van der Waals surface area contributed by atoms with Gasteiger partial charge in [0.05, 0.1) is 19.0 Å². The molecule has 0 radical (unpaired) electrons. The molecule has 158 valence electrons. The first-order chi connectivity index (χ1) is 14.4. The van der Waals surface area contributed by atoms with E-state index in [1.54, 1.807) is 17.9 Å². The molecule has 0 unspecified atom stereocenters. The van der Waals surface area contributed by atoms with E-state index in [1.807, 2.05) is 0 Å². The second-order valence-corrected chi connectivity index (χ2v) is 8.11. The summed E-state index contributed by atoms with van der Waals surface area (Å²) in [6.07, 6.45) is 0.733. The Morgan fingerprint density at radius 1 is 1.27 bits per heavy atom. The van der Waals surface area contributed by atoms with E-state index >= 15 is 0 Å². The van der Waals surface area contributed by atoms with E-state index in [-0.39, 0.29) is 18.3 Å². The topological polar surface area (TPSA) is 76.9 Å². The first-order valence-corrected chi connectivity index (χ1v) is 10.3. The first-order valence-electron chi connectivity index (χ1n) is 9.38. The van der Waals surface area contributed by atoms with E-state index < -0.39 is 11.9 Å². The number of anilines is 1. The standard InChI is InChI=1S/C19H19F3N6OS/c1-12-5-13(10-29-15-3-2-4-24-17(15)19(20,21)22)9-28(8-12)16-7-23-6-14(26-16)18-27-25-11-30-18/h2-4,6-7,11-13H,5,8-10H2,1H3/t12-,13-/m0/s1. The maximum absolute atomic E-state index is 13.1. The van der Waals surface area contributed by atoms with Crippen LogP contribution in [0.5, 0.6) is 5.75 Å². The number of rotatable bonds is 5. The average molecular weight is 436 g/mol. The number of piperidine rings is 1. The van der Waals surface area contributed by atoms with Crippen LogP contribution < -0.4 is 9.64 Å². The lowest BCUT2D eigenvalue weighted by atomic mass is 9.91. The third-order valence-corrected chi connectivity index (χ3v) is 5.50. The summed E-state index contributed by atoms with van der Waals surface area (Å²) >= 11 is 1.38. The van der Waals surface area contributed by atoms with Crippen LogP contribution in [0.2, 0.25) is 0 Å². The molecule has 0 bridgehead atoms. The lowest BCUT2D eigenvalue weighted by molar-refractivity contribution is -0.142. The highest BCUT2D eigenvalue weighted by atomic mass is 32.1. The van der Waals surface area contributed by atoms with Gasteiger partial charge >= 0.3 is 6.18 Å². The summed E-state index contributed by atoms with van der Waals surface area (Å²) in [5, 5.41) is 8.54. The van der Waals surface area contributed by atoms with Gasteiger partial charge in [0.1, 0.15) is 22.8 Å². The van der Waals surface area contributed by atoms with Gasteiger partial charge in [0.15, 0.2) is 10.7 Å². The molecule has 3 aromatic heterocycles. The Morgan fingerprint density at radius 3 is 2.90 bits per heavy atom. The maximum atomic E-state index is 13.1. The fourth-order valence-electron chi connectivity index (χ4n) is 3.61. The quantitative estimate of drug-likeness (QED) is 0.599. The van der Waals surface area contributed by atoms with Gasteiger partial charge in [0.25, 0.3) is 0 Å². The second-order valence-electron chi connectivity index (χ2n) is 7.28. The SMILES string of the molecule is C[C@H]1C[C@H](COc2cccnc2C(F)(F)F)CN(c2cncc(-c3nncs3)n2)C1. The van der Waals surface area contributed by atoms with E-state index in [0.717, 1.165) is 19.2 Å². The van der Waals surface area contributed by atoms with Gasteiger partial charge < -0.3 is 9.64 Å². The van der Waals surface area contributed by atoms with E-state index in [2.05, 4.69) is 37.0 Å². The minimum Gasteiger partial charge on any atom is -0.491 e. The highest BCUT2D eigenvalue weighted by Crippen LogP contribution is 2.35. The van der Waals surface area contributed by atoms with Crippen LogP contribution >= 0.6 is 11.3 Å². The van der Waals surface area contributed by atoms with Crippen LogP contribution in [-0.2, 0) is 6.18 Å². The van der Waals surface area contributed by atoms with E-state index in [1.165, 1.54) is 23.5 Å². The van der Waals surface area contributed by atoms with Crippen LogP contribution in [-0.4, -0.2) is 44.8 Å². The summed E-state index contributed by atoms with van der Waals surface area (Å²) < 4.78 is 45.0. The third kappa shape index (κ3) is 4.66. The smallest absolute Gasteiger partial charge is 0.437 e. The average Bonchev–Trinajstić information content (AvgIpc) is 3.26. The maximum Gasteiger partial charge on any atom is 0.437 e. The lowest BCUT2D eigenvalue weighted by Gasteiger charge is -2.37. The van der Waals surface area contributed by atoms with Crippen molar-refractivity contribution in [2.24, 2.45) is 11.8 Å². The molecule has 0 N–H and O–H groups in total. The van der Waals surface area contributed by atoms with Crippen molar-refractivity contribution in [2.75, 3.05) is 24.6 Å². The predicted octanol–water partition coefficient (Wildman–Crippen LogP) is 3.95. The third-order valence-electron chi connectivity index (χ3n) is 4.79. The van der Waals surface area contributed by atoms with E-state index in [0.29, 0.717) is 29.0 Å². The van der Waals surface area contributed by atoms with Crippen molar-refractivity contribution in [2.45, 2.75) is 19.5 Å². The molecule has 30 heavy (non-hydrogen) atoms. The summed E-state index contributed by atoms with van der Waals surface area (Å²) in [7, 11) is 0. The minimum atomic E-state index is -4.55. The van der Waals surface area contributed by atoms with Gasteiger partial charge in [-0.1, -0.05) is 18.3 Å². The molecule has 1 saturated heterocycles. The predicted molar refractivity (Wildman–Crippen MR) is 105 cm³/mol. The zero-order valence-corrected chi connectivity index (χ0v) is 16.9. The Balaban J connectivity index is 1.47. The zero-order valence-electron chi connectivity index (χ0n) is 16.1. The number of aromatic nitrogens is 5. The molecule has 0 aliphatic carbocycles. The van der Waals surface area contributed by atoms with Crippen molar-refractivity contribution in [3.63, 3.8) is 0 Å². The molecule has 0 amide bonds. The van der Waals surface area contributed by atoms with Crippen molar-refractivity contribution in [1.29, 1.82) is 0 Å². The summed E-state index contributed by atoms with van der Waals surface area (Å²) in [5.41, 5.74) is 1.28. The van der Waals surface area contributed by atoms with Gasteiger partial charge in [-0.2, -0.15) is 13.2 Å². The van der Waals surface area contributed by atoms with Crippen LogP contribution in [0.3, 0.4) is 0 Å². The number of halogens is 3. The minimum absolute atomic E-state index is 0.0435. The van der Waals surface area contributed by atoms with Crippen LogP contribution in [0.15, 0.2) is 36.2 Å². The monoisotopic (exact) mass is 436 g/mol. The van der Waals surface area contributed by atoms with Crippen LogP contribution in [0.1, 0.15) is 19.0 Å². The number of hydrogen-bond acceptors (Lipinski definition) is 8. The van der Waals surface area contributed by atoms with Gasteiger partial charge in [0, 0.05) is 25.2 Å². The van der Waals surface area contributed by atoms with Crippen molar-refractivity contribution in [3.05, 3.63) is 41.9 Å². The normalized spacial score (nSPS) is 19.7. The molecule has 0 spiro atoms. The van der Waals surface area contributed by atoms with Crippen molar-refractivity contribution >= 4 is 17.2 Å². The summed E-state index contributed by atoms with van der Waals surface area (Å²) in [4.78, 5) is 14.4. The zero-order chi connectivity index (χ0) is 21.1. The number of nitrogens with zero attached hydrogens (tertiary/aromatic N) is 6. The second kappa shape index (κ2) is 8.50. The molecule has 11 heteroatoms. The number of alkyl halides is 3. The Labute approximate surface area is 175 Å². The molecule has 1 fully saturated rings. The van der Waals surface area contributed by atoms with Crippen molar-refractivity contribution in [1.82, 2.24) is 25.1 Å². The largest absolute Gasteiger partial charge is 0.491 e. The van der Waals surface area contributed by atoms with E-state index in [4.69, 9.17) is 4.74 Å². The van der Waals surface area contributed by atoms with E-state index in [9.17, 15) is 13.2 Å². The summed E-state index contributed by atoms with van der Waals surface area (Å²) in [6, 6.07) is 2.74. The molecule has 4 rings (SSSR count). The summed E-state index contributed by atoms with van der Waals surface area (Å²) in [5.74, 6) is 0.835. The number of pyridine rings is 1. The molecular weight excluding hydrogens is 417 g/mol. The lowest BCUT2D eigenvalue weighted by Crippen LogP contribution is -2.42. The molecule has 2 atom stereocenters. The van der Waals surface area contributed by atoms with Crippen molar-refractivity contribution < 1.29 is 17.9 Å². The fourth-order valence-corrected chi connectivity index (χ4v) is 4.12. The van der Waals surface area contributed by atoms with Crippen LogP contribution in [0.25, 0.3) is 10.7 Å². The fraction of sp³-hybridized carbons (Fsp3) is 0.421. The molecule has 3 aromatic rings. The Morgan fingerprint density at radius 2 is 2.13 bits per heavy atom. The highest BCUT2D eigenvalue weighted by molar-refractivity contribution is 7.12. The van der Waals surface area contributed by atoms with Gasteiger partial charge in [0.2, 0.25) is 0 Å². The molecule has 1 aliphatic rings. The van der Waals surface area contributed by atoms with Crippen LogP contribution in [0, 0.1) is 11.8 Å². The first kappa shape index (κ1) is 20.5. The van der Waals surface area contributed by atoms with Gasteiger partial charge in [-0.05, 0) is 24.5 Å². The molecule has 0 aromatic carbocycles. The Hall–Kier alpha value is -2.82. The van der Waals surface area contributed by atoms with Gasteiger partial charge in [-0.25, -0.2) is 9.97 Å². The number of ether oxygens (including phenoxy) is 1. The van der Waals surface area contributed by atoms with Crippen LogP contribution in [0.4, 0.5) is 19.0 Å². The van der Waals surface area contributed by atoms with Gasteiger partial charge in [-0.15, -0.1) is 10.2 Å². The molecule has 0 saturated carbocycles.